The molecule has 1 fully saturated rings. The maximum absolute atomic E-state index is 11.1. The molecule has 1 saturated heterocycles. The predicted molar refractivity (Wildman–Crippen MR) is 60.5 cm³/mol. The van der Waals surface area contributed by atoms with Crippen molar-refractivity contribution >= 4 is 17.7 Å². The number of aliphatic carboxylic acids is 1. The van der Waals surface area contributed by atoms with Crippen molar-refractivity contribution in [2.24, 2.45) is 0 Å². The number of nitrogens with one attached hydrogen (secondary N) is 2. The third kappa shape index (κ3) is 1.36. The molecule has 0 radical (unpaired) electrons. The van der Waals surface area contributed by atoms with Crippen LogP contribution in [0, 0.1) is 0 Å². The Bertz CT molecular complexity index is 425. The molecule has 3 N–H and O–H groups in total. The van der Waals surface area contributed by atoms with Crippen LogP contribution in [0.15, 0.2) is 6.33 Å². The molecule has 5 nitrogen and oxygen atoms in total. The Morgan fingerprint density at radius 1 is 1.69 bits per heavy atom. The number of carboxylic acid groups (broad SMARTS) is 1. The number of carbonyl (C=O) groups is 1. The molecule has 6 heteroatoms. The van der Waals surface area contributed by atoms with Gasteiger partial charge in [-0.05, 0) is 12.2 Å². The van der Waals surface area contributed by atoms with Gasteiger partial charge in [-0.1, -0.05) is 0 Å². The van der Waals surface area contributed by atoms with E-state index >= 15 is 0 Å². The Labute approximate surface area is 97.0 Å². The molecule has 2 atom stereocenters. The van der Waals surface area contributed by atoms with Crippen LogP contribution >= 0.6 is 11.8 Å². The molecule has 86 valence electrons. The molecule has 1 aromatic rings. The smallest absolute Gasteiger partial charge is 0.321 e. The highest BCUT2D eigenvalue weighted by Gasteiger charge is 2.46. The number of rotatable bonds is 1. The zero-order chi connectivity index (χ0) is 11.2. The van der Waals surface area contributed by atoms with E-state index in [0.29, 0.717) is 6.42 Å². The van der Waals surface area contributed by atoms with Gasteiger partial charge >= 0.3 is 5.97 Å². The number of aromatic amines is 1. The fourth-order valence-corrected chi connectivity index (χ4v) is 3.91. The maximum Gasteiger partial charge on any atom is 0.321 e. The highest BCUT2D eigenvalue weighted by molar-refractivity contribution is 7.99. The van der Waals surface area contributed by atoms with E-state index in [-0.39, 0.29) is 5.54 Å². The molecule has 2 aliphatic rings. The van der Waals surface area contributed by atoms with Crippen LogP contribution in [0.25, 0.3) is 0 Å². The normalized spacial score (nSPS) is 32.9. The summed E-state index contributed by atoms with van der Waals surface area (Å²) in [5.41, 5.74) is 1.78. The van der Waals surface area contributed by atoms with Gasteiger partial charge in [0.15, 0.2) is 0 Å². The summed E-state index contributed by atoms with van der Waals surface area (Å²) in [5.74, 6) is 1.19. The minimum absolute atomic E-state index is 0.221. The molecule has 3 heterocycles. The van der Waals surface area contributed by atoms with Crippen LogP contribution in [0.2, 0.25) is 0 Å². The second kappa shape index (κ2) is 3.49. The van der Waals surface area contributed by atoms with Gasteiger partial charge in [0, 0.05) is 17.9 Å². The van der Waals surface area contributed by atoms with Gasteiger partial charge < -0.3 is 10.1 Å². The minimum atomic E-state index is -0.781. The largest absolute Gasteiger partial charge is 0.480 e. The van der Waals surface area contributed by atoms with Gasteiger partial charge in [-0.2, -0.15) is 11.8 Å². The van der Waals surface area contributed by atoms with Crippen molar-refractivity contribution in [3.63, 3.8) is 0 Å². The van der Waals surface area contributed by atoms with Gasteiger partial charge in [-0.25, -0.2) is 4.98 Å². The van der Waals surface area contributed by atoms with Crippen molar-refractivity contribution in [2.45, 2.75) is 24.4 Å². The number of fused-ring (bicyclic) bond motifs is 2. The molecule has 0 bridgehead atoms. The molecule has 1 unspecified atom stereocenters. The summed E-state index contributed by atoms with van der Waals surface area (Å²) < 4.78 is 0. The lowest BCUT2D eigenvalue weighted by Crippen LogP contribution is -2.56. The SMILES string of the molecule is O=C(O)[C@H]1Cc2[nH]cnc2C2(CCSC2)N1. The zero-order valence-corrected chi connectivity index (χ0v) is 9.51. The highest BCUT2D eigenvalue weighted by Crippen LogP contribution is 2.40. The molecule has 1 spiro atoms. The van der Waals surface area contributed by atoms with Crippen LogP contribution in [0.3, 0.4) is 0 Å². The fraction of sp³-hybridized carbons (Fsp3) is 0.600. The number of aromatic nitrogens is 2. The van der Waals surface area contributed by atoms with Gasteiger partial charge in [0.1, 0.15) is 6.04 Å². The Morgan fingerprint density at radius 3 is 3.25 bits per heavy atom. The fourth-order valence-electron chi connectivity index (χ4n) is 2.56. The molecule has 0 amide bonds. The highest BCUT2D eigenvalue weighted by atomic mass is 32.2. The van der Waals surface area contributed by atoms with Gasteiger partial charge in [-0.3, -0.25) is 10.1 Å². The molecular formula is C10H13N3O2S. The van der Waals surface area contributed by atoms with Gasteiger partial charge in [0.25, 0.3) is 0 Å². The summed E-state index contributed by atoms with van der Waals surface area (Å²) in [6, 6.07) is -0.494. The van der Waals surface area contributed by atoms with E-state index in [0.717, 1.165) is 29.3 Å². The molecule has 0 aliphatic carbocycles. The summed E-state index contributed by atoms with van der Waals surface area (Å²) in [6.45, 7) is 0. The number of imidazole rings is 1. The minimum Gasteiger partial charge on any atom is -0.480 e. The number of hydrogen-bond donors (Lipinski definition) is 3. The first kappa shape index (κ1) is 10.2. The molecule has 16 heavy (non-hydrogen) atoms. The lowest BCUT2D eigenvalue weighted by molar-refractivity contribution is -0.140. The van der Waals surface area contributed by atoms with Gasteiger partial charge in [-0.15, -0.1) is 0 Å². The van der Waals surface area contributed by atoms with Crippen LogP contribution in [0.4, 0.5) is 0 Å². The standard InChI is InChI=1S/C10H13N3O2S/c14-9(15)7-3-6-8(12-5-11-6)10(13-7)1-2-16-4-10/h5,7,13H,1-4H2,(H,11,12)(H,14,15)/t7-,10?/m1/s1. The van der Waals surface area contributed by atoms with E-state index in [2.05, 4.69) is 15.3 Å². The van der Waals surface area contributed by atoms with Crippen LogP contribution < -0.4 is 5.32 Å². The number of nitrogens with zero attached hydrogens (tertiary/aromatic N) is 1. The van der Waals surface area contributed by atoms with Crippen molar-refractivity contribution in [2.75, 3.05) is 11.5 Å². The first-order chi connectivity index (χ1) is 7.71. The summed E-state index contributed by atoms with van der Waals surface area (Å²) in [6.07, 6.45) is 3.12. The van der Waals surface area contributed by atoms with Crippen LogP contribution in [0.1, 0.15) is 17.8 Å². The summed E-state index contributed by atoms with van der Waals surface area (Å²) in [5, 5.41) is 12.4. The summed E-state index contributed by atoms with van der Waals surface area (Å²) >= 11 is 1.85. The third-order valence-corrected chi connectivity index (χ3v) is 4.54. The quantitative estimate of drug-likeness (QED) is 0.658. The molecule has 3 rings (SSSR count). The Kier molecular flexibility index (Phi) is 2.22. The summed E-state index contributed by atoms with van der Waals surface area (Å²) in [7, 11) is 0. The molecule has 0 saturated carbocycles. The Balaban J connectivity index is 2.03. The second-order valence-corrected chi connectivity index (χ2v) is 5.46. The van der Waals surface area contributed by atoms with Crippen molar-refractivity contribution in [3.05, 3.63) is 17.7 Å². The Hall–Kier alpha value is -1.01. The van der Waals surface area contributed by atoms with E-state index in [1.807, 2.05) is 11.8 Å². The van der Waals surface area contributed by atoms with E-state index in [9.17, 15) is 4.79 Å². The maximum atomic E-state index is 11.1. The average Bonchev–Trinajstić information content (AvgIpc) is 2.87. The van der Waals surface area contributed by atoms with E-state index in [1.165, 1.54) is 0 Å². The third-order valence-electron chi connectivity index (χ3n) is 3.35. The second-order valence-electron chi connectivity index (χ2n) is 4.35. The number of carboxylic acids is 1. The predicted octanol–water partition coefficient (Wildman–Crippen LogP) is 0.341. The van der Waals surface area contributed by atoms with E-state index < -0.39 is 12.0 Å². The monoisotopic (exact) mass is 239 g/mol. The van der Waals surface area contributed by atoms with E-state index in [4.69, 9.17) is 5.11 Å². The lowest BCUT2D eigenvalue weighted by atomic mass is 9.86. The summed E-state index contributed by atoms with van der Waals surface area (Å²) in [4.78, 5) is 18.6. The van der Waals surface area contributed by atoms with Crippen LogP contribution in [-0.4, -0.2) is 38.6 Å². The number of H-pyrrole nitrogens is 1. The molecule has 1 aromatic heterocycles. The van der Waals surface area contributed by atoms with Crippen molar-refractivity contribution in [3.8, 4) is 0 Å². The van der Waals surface area contributed by atoms with Crippen molar-refractivity contribution < 1.29 is 9.90 Å². The first-order valence-electron chi connectivity index (χ1n) is 5.32. The van der Waals surface area contributed by atoms with E-state index in [1.54, 1.807) is 6.33 Å². The average molecular weight is 239 g/mol. The lowest BCUT2D eigenvalue weighted by Gasteiger charge is -2.36. The molecule has 0 aromatic carbocycles. The van der Waals surface area contributed by atoms with Crippen molar-refractivity contribution in [1.82, 2.24) is 15.3 Å². The Morgan fingerprint density at radius 2 is 2.56 bits per heavy atom. The van der Waals surface area contributed by atoms with Gasteiger partial charge in [0.2, 0.25) is 0 Å². The van der Waals surface area contributed by atoms with Crippen LogP contribution in [-0.2, 0) is 16.8 Å². The molecular weight excluding hydrogens is 226 g/mol. The van der Waals surface area contributed by atoms with Crippen molar-refractivity contribution in [1.29, 1.82) is 0 Å². The topological polar surface area (TPSA) is 78.0 Å². The number of thioether (sulfide) groups is 1. The first-order valence-corrected chi connectivity index (χ1v) is 6.48. The van der Waals surface area contributed by atoms with Gasteiger partial charge in [0.05, 0.1) is 17.6 Å². The number of hydrogen-bond acceptors (Lipinski definition) is 4. The van der Waals surface area contributed by atoms with Crippen LogP contribution in [0.5, 0.6) is 0 Å². The molecule has 2 aliphatic heterocycles. The zero-order valence-electron chi connectivity index (χ0n) is 8.69.